The van der Waals surface area contributed by atoms with Gasteiger partial charge in [0.15, 0.2) is 5.78 Å². The van der Waals surface area contributed by atoms with Gasteiger partial charge in [-0.25, -0.2) is 4.98 Å². The first-order chi connectivity index (χ1) is 6.18. The van der Waals surface area contributed by atoms with E-state index in [1.54, 1.807) is 13.0 Å². The van der Waals surface area contributed by atoms with Crippen LogP contribution in [0.4, 0.5) is 5.82 Å². The number of carbonyl (C=O) groups is 1. The highest BCUT2D eigenvalue weighted by molar-refractivity contribution is 5.92. The first-order valence-corrected chi connectivity index (χ1v) is 4.40. The van der Waals surface area contributed by atoms with Crippen molar-refractivity contribution < 1.29 is 4.79 Å². The number of nitrogens with zero attached hydrogens (tertiary/aromatic N) is 2. The van der Waals surface area contributed by atoms with Crippen LogP contribution in [0, 0.1) is 0 Å². The standard InChI is InChI=1S/C10H12N2O/c1-7(13)9-4-3-8-5-6-12(2)10(8)11-9/h3-4H,5-6H2,1-2H3. The summed E-state index contributed by atoms with van der Waals surface area (Å²) in [5, 5.41) is 0. The summed E-state index contributed by atoms with van der Waals surface area (Å²) in [6, 6.07) is 3.81. The van der Waals surface area contributed by atoms with Crippen molar-refractivity contribution in [1.29, 1.82) is 0 Å². The summed E-state index contributed by atoms with van der Waals surface area (Å²) in [6.45, 7) is 2.55. The van der Waals surface area contributed by atoms with Crippen molar-refractivity contribution in [3.63, 3.8) is 0 Å². The lowest BCUT2D eigenvalue weighted by Gasteiger charge is -2.10. The molecular formula is C10H12N2O. The van der Waals surface area contributed by atoms with E-state index >= 15 is 0 Å². The van der Waals surface area contributed by atoms with Crippen LogP contribution in [0.15, 0.2) is 12.1 Å². The molecule has 0 spiro atoms. The number of anilines is 1. The molecule has 0 saturated carbocycles. The molecule has 2 heterocycles. The van der Waals surface area contributed by atoms with E-state index < -0.39 is 0 Å². The molecule has 1 aromatic rings. The number of aromatic nitrogens is 1. The molecule has 0 N–H and O–H groups in total. The number of likely N-dealkylation sites (N-methyl/N-ethyl adjacent to an activating group) is 1. The molecule has 0 saturated heterocycles. The second kappa shape index (κ2) is 2.83. The number of fused-ring (bicyclic) bond motifs is 1. The Bertz CT molecular complexity index is 360. The van der Waals surface area contributed by atoms with E-state index in [4.69, 9.17) is 0 Å². The molecular weight excluding hydrogens is 164 g/mol. The zero-order valence-corrected chi connectivity index (χ0v) is 7.87. The third-order valence-corrected chi connectivity index (χ3v) is 2.39. The summed E-state index contributed by atoms with van der Waals surface area (Å²) in [7, 11) is 2.00. The van der Waals surface area contributed by atoms with Crippen LogP contribution in [0.1, 0.15) is 23.0 Å². The summed E-state index contributed by atoms with van der Waals surface area (Å²) < 4.78 is 0. The van der Waals surface area contributed by atoms with Gasteiger partial charge in [-0.05, 0) is 18.1 Å². The highest BCUT2D eigenvalue weighted by Crippen LogP contribution is 2.24. The Hall–Kier alpha value is -1.38. The number of hydrogen-bond donors (Lipinski definition) is 0. The minimum atomic E-state index is 0.0306. The van der Waals surface area contributed by atoms with Crippen LogP contribution in [-0.4, -0.2) is 24.4 Å². The molecule has 1 aliphatic heterocycles. The van der Waals surface area contributed by atoms with E-state index in [-0.39, 0.29) is 5.78 Å². The van der Waals surface area contributed by atoms with Gasteiger partial charge in [0.2, 0.25) is 0 Å². The predicted molar refractivity (Wildman–Crippen MR) is 51.2 cm³/mol. The Morgan fingerprint density at radius 2 is 2.31 bits per heavy atom. The van der Waals surface area contributed by atoms with Crippen molar-refractivity contribution in [3.05, 3.63) is 23.4 Å². The monoisotopic (exact) mass is 176 g/mol. The maximum Gasteiger partial charge on any atom is 0.178 e. The average Bonchev–Trinajstić information content (AvgIpc) is 2.47. The maximum atomic E-state index is 11.1. The highest BCUT2D eigenvalue weighted by atomic mass is 16.1. The van der Waals surface area contributed by atoms with Crippen LogP contribution in [0.2, 0.25) is 0 Å². The quantitative estimate of drug-likeness (QED) is 0.604. The Balaban J connectivity index is 2.47. The molecule has 3 heteroatoms. The molecule has 0 atom stereocenters. The number of pyridine rings is 1. The first-order valence-electron chi connectivity index (χ1n) is 4.40. The average molecular weight is 176 g/mol. The molecule has 0 amide bonds. The summed E-state index contributed by atoms with van der Waals surface area (Å²) in [5.41, 5.74) is 1.81. The summed E-state index contributed by atoms with van der Waals surface area (Å²) in [4.78, 5) is 17.5. The van der Waals surface area contributed by atoms with Gasteiger partial charge in [-0.2, -0.15) is 0 Å². The van der Waals surface area contributed by atoms with Gasteiger partial charge in [-0.15, -0.1) is 0 Å². The summed E-state index contributed by atoms with van der Waals surface area (Å²) >= 11 is 0. The van der Waals surface area contributed by atoms with Gasteiger partial charge in [-0.1, -0.05) is 6.07 Å². The molecule has 68 valence electrons. The molecule has 0 radical (unpaired) electrons. The van der Waals surface area contributed by atoms with Gasteiger partial charge in [0.25, 0.3) is 0 Å². The van der Waals surface area contributed by atoms with Gasteiger partial charge in [-0.3, -0.25) is 4.79 Å². The fraction of sp³-hybridized carbons (Fsp3) is 0.400. The topological polar surface area (TPSA) is 33.2 Å². The van der Waals surface area contributed by atoms with Crippen molar-refractivity contribution in [2.75, 3.05) is 18.5 Å². The third-order valence-electron chi connectivity index (χ3n) is 2.39. The van der Waals surface area contributed by atoms with Crippen molar-refractivity contribution in [2.45, 2.75) is 13.3 Å². The van der Waals surface area contributed by atoms with Crippen LogP contribution in [0.25, 0.3) is 0 Å². The molecule has 0 fully saturated rings. The normalized spacial score (nSPS) is 14.5. The van der Waals surface area contributed by atoms with E-state index in [0.29, 0.717) is 5.69 Å². The molecule has 1 aliphatic rings. The first kappa shape index (κ1) is 8.23. The molecule has 3 nitrogen and oxygen atoms in total. The molecule has 0 aliphatic carbocycles. The van der Waals surface area contributed by atoms with Crippen LogP contribution in [0.5, 0.6) is 0 Å². The fourth-order valence-electron chi connectivity index (χ4n) is 1.59. The Morgan fingerprint density at radius 3 is 3.00 bits per heavy atom. The Labute approximate surface area is 77.4 Å². The lowest BCUT2D eigenvalue weighted by molar-refractivity contribution is 0.101. The van der Waals surface area contributed by atoms with Gasteiger partial charge < -0.3 is 4.90 Å². The number of rotatable bonds is 1. The molecule has 0 aromatic carbocycles. The van der Waals surface area contributed by atoms with Crippen LogP contribution < -0.4 is 4.90 Å². The largest absolute Gasteiger partial charge is 0.359 e. The Kier molecular flexibility index (Phi) is 1.79. The van der Waals surface area contributed by atoms with Crippen molar-refractivity contribution in [3.8, 4) is 0 Å². The minimum Gasteiger partial charge on any atom is -0.359 e. The summed E-state index contributed by atoms with van der Waals surface area (Å²) in [5.74, 6) is 0.996. The van der Waals surface area contributed by atoms with Crippen LogP contribution >= 0.6 is 0 Å². The smallest absolute Gasteiger partial charge is 0.178 e. The molecule has 0 unspecified atom stereocenters. The SMILES string of the molecule is CC(=O)c1ccc2c(n1)N(C)CC2. The van der Waals surface area contributed by atoms with Gasteiger partial charge >= 0.3 is 0 Å². The number of carbonyl (C=O) groups excluding carboxylic acids is 1. The van der Waals surface area contributed by atoms with E-state index in [9.17, 15) is 4.79 Å². The van der Waals surface area contributed by atoms with Crippen LogP contribution in [-0.2, 0) is 6.42 Å². The molecule has 1 aromatic heterocycles. The van der Waals surface area contributed by atoms with Crippen molar-refractivity contribution in [2.24, 2.45) is 0 Å². The molecule has 0 bridgehead atoms. The second-order valence-electron chi connectivity index (χ2n) is 3.41. The molecule has 2 rings (SSSR count). The van der Waals surface area contributed by atoms with Crippen LogP contribution in [0.3, 0.4) is 0 Å². The highest BCUT2D eigenvalue weighted by Gasteiger charge is 2.17. The zero-order valence-electron chi connectivity index (χ0n) is 7.87. The third kappa shape index (κ3) is 1.30. The lowest BCUT2D eigenvalue weighted by Crippen LogP contribution is -2.14. The van der Waals surface area contributed by atoms with E-state index in [1.807, 2.05) is 13.1 Å². The number of Topliss-reactive ketones (excluding diaryl/α,β-unsaturated/α-hetero) is 1. The van der Waals surface area contributed by atoms with Crippen molar-refractivity contribution in [1.82, 2.24) is 4.98 Å². The van der Waals surface area contributed by atoms with Crippen molar-refractivity contribution >= 4 is 11.6 Å². The number of ketones is 1. The minimum absolute atomic E-state index is 0.0306. The maximum absolute atomic E-state index is 11.1. The predicted octanol–water partition coefficient (Wildman–Crippen LogP) is 1.28. The Morgan fingerprint density at radius 1 is 1.54 bits per heavy atom. The van der Waals surface area contributed by atoms with E-state index in [0.717, 1.165) is 18.8 Å². The van der Waals surface area contributed by atoms with Gasteiger partial charge in [0.1, 0.15) is 11.5 Å². The lowest BCUT2D eigenvalue weighted by atomic mass is 10.2. The molecule has 13 heavy (non-hydrogen) atoms. The zero-order chi connectivity index (χ0) is 9.42. The number of hydrogen-bond acceptors (Lipinski definition) is 3. The van der Waals surface area contributed by atoms with Gasteiger partial charge in [0.05, 0.1) is 0 Å². The van der Waals surface area contributed by atoms with E-state index in [1.165, 1.54) is 5.56 Å². The summed E-state index contributed by atoms with van der Waals surface area (Å²) in [6.07, 6.45) is 1.04. The van der Waals surface area contributed by atoms with Gasteiger partial charge in [0, 0.05) is 20.5 Å². The van der Waals surface area contributed by atoms with E-state index in [2.05, 4.69) is 9.88 Å². The second-order valence-corrected chi connectivity index (χ2v) is 3.41. The fourth-order valence-corrected chi connectivity index (χ4v) is 1.59.